The molecule has 3 saturated heterocycles. The molecule has 590 valence electrons. The number of aliphatic hydroxyl groups excluding tert-OH is 11. The molecule has 19 heteroatoms. The maximum Gasteiger partial charge on any atom is 0.220 e. The van der Waals surface area contributed by atoms with E-state index in [4.69, 9.17) is 28.4 Å². The van der Waals surface area contributed by atoms with E-state index in [1.54, 1.807) is 6.08 Å². The van der Waals surface area contributed by atoms with Crippen molar-refractivity contribution in [3.8, 4) is 0 Å². The van der Waals surface area contributed by atoms with E-state index in [0.717, 1.165) is 51.4 Å². The molecule has 0 aromatic rings. The summed E-state index contributed by atoms with van der Waals surface area (Å²) in [7, 11) is 0. The fourth-order valence-electron chi connectivity index (χ4n) is 13.7. The number of hydrogen-bond acceptors (Lipinski definition) is 18. The summed E-state index contributed by atoms with van der Waals surface area (Å²) in [5, 5.41) is 121. The summed E-state index contributed by atoms with van der Waals surface area (Å²) in [5.41, 5.74) is 0. The first-order chi connectivity index (χ1) is 49.3. The van der Waals surface area contributed by atoms with Crippen LogP contribution >= 0.6 is 0 Å². The molecule has 0 saturated carbocycles. The van der Waals surface area contributed by atoms with Gasteiger partial charge in [-0.25, -0.2) is 0 Å². The first-order valence-corrected chi connectivity index (χ1v) is 41.0. The summed E-state index contributed by atoms with van der Waals surface area (Å²) in [4.78, 5) is 13.5. The SMILES string of the molecule is CCCCCCC/C=C\C/C=C\CCCCCCCCCCCCCCCCCCCCCCCCCCCCCC(=O)NC(COC1OC(CO)C(OC2OC(CO)C(OC3OC(CO)C(O)C(O)C3O)C(O)C2O)C(O)C1O)C(O)/C=C/CC/C=C/CC/C=C/CCCCCCCCC. The highest BCUT2D eigenvalue weighted by Gasteiger charge is 2.54. The van der Waals surface area contributed by atoms with Gasteiger partial charge in [0, 0.05) is 6.42 Å². The Hall–Kier alpha value is -2.51. The quantitative estimate of drug-likeness (QED) is 0.0199. The van der Waals surface area contributed by atoms with Gasteiger partial charge < -0.3 is 89.9 Å². The van der Waals surface area contributed by atoms with Crippen molar-refractivity contribution in [1.82, 2.24) is 5.32 Å². The Morgan fingerprint density at radius 3 is 1.05 bits per heavy atom. The van der Waals surface area contributed by atoms with Crippen molar-refractivity contribution in [3.05, 3.63) is 60.8 Å². The smallest absolute Gasteiger partial charge is 0.220 e. The molecule has 0 spiro atoms. The van der Waals surface area contributed by atoms with Gasteiger partial charge >= 0.3 is 0 Å². The summed E-state index contributed by atoms with van der Waals surface area (Å²) < 4.78 is 34.4. The zero-order chi connectivity index (χ0) is 73.2. The van der Waals surface area contributed by atoms with Crippen LogP contribution < -0.4 is 5.32 Å². The van der Waals surface area contributed by atoms with Gasteiger partial charge in [-0.15, -0.1) is 0 Å². The van der Waals surface area contributed by atoms with Crippen LogP contribution in [0.15, 0.2) is 60.8 Å². The molecule has 0 aromatic heterocycles. The van der Waals surface area contributed by atoms with Crippen molar-refractivity contribution in [2.75, 3.05) is 26.4 Å². The lowest BCUT2D eigenvalue weighted by Crippen LogP contribution is -2.66. The van der Waals surface area contributed by atoms with Crippen molar-refractivity contribution in [3.63, 3.8) is 0 Å². The molecule has 0 bridgehead atoms. The van der Waals surface area contributed by atoms with E-state index < -0.39 is 124 Å². The maximum atomic E-state index is 13.5. The second kappa shape index (κ2) is 62.5. The predicted molar refractivity (Wildman–Crippen MR) is 402 cm³/mol. The molecule has 3 rings (SSSR count). The van der Waals surface area contributed by atoms with Crippen LogP contribution in [0.1, 0.15) is 322 Å². The standard InChI is InChI=1S/C82H149NO18/c1-3-5-7-9-11-13-15-17-19-21-22-23-24-25-26-27-28-29-30-31-32-33-34-35-36-37-38-39-40-41-42-44-46-48-50-52-54-56-58-60-70(88)83-65(66(87)59-57-55-53-51-49-47-45-43-20-18-16-14-12-10-8-6-4-2)64-96-80-76(94)73(91)78(68(62-85)98-80)101-82-77(95)74(92)79(69(63-86)99-82)100-81-75(93)72(90)71(89)67(61-84)97-81/h15,17,20-22,43,49,51,57,59,65-69,71-82,84-87,89-95H,3-14,16,18-19,23-42,44-48,50,52-56,58,60-64H2,1-2H3,(H,83,88)/b17-15-,22-21-,43-20+,51-49+,59-57+. The van der Waals surface area contributed by atoms with E-state index >= 15 is 0 Å². The molecule has 3 heterocycles. The molecule has 3 aliphatic heterocycles. The van der Waals surface area contributed by atoms with Crippen molar-refractivity contribution in [1.29, 1.82) is 0 Å². The van der Waals surface area contributed by atoms with Crippen LogP contribution in [0, 0.1) is 0 Å². The molecule has 0 aliphatic carbocycles. The Morgan fingerprint density at radius 1 is 0.356 bits per heavy atom. The van der Waals surface area contributed by atoms with Gasteiger partial charge in [0.15, 0.2) is 18.9 Å². The molecular formula is C82H149NO18. The van der Waals surface area contributed by atoms with E-state index in [2.05, 4.69) is 67.8 Å². The highest BCUT2D eigenvalue weighted by molar-refractivity contribution is 5.76. The van der Waals surface area contributed by atoms with Crippen molar-refractivity contribution >= 4 is 5.91 Å². The molecule has 17 unspecified atom stereocenters. The van der Waals surface area contributed by atoms with Crippen molar-refractivity contribution < 1.29 is 89.4 Å². The Balaban J connectivity index is 1.30. The highest BCUT2D eigenvalue weighted by Crippen LogP contribution is 2.33. The molecule has 101 heavy (non-hydrogen) atoms. The summed E-state index contributed by atoms with van der Waals surface area (Å²) in [6, 6.07) is -0.997. The van der Waals surface area contributed by atoms with E-state index in [-0.39, 0.29) is 18.9 Å². The molecule has 3 aliphatic rings. The number of unbranched alkanes of at least 4 members (excludes halogenated alkanes) is 41. The molecule has 0 radical (unpaired) electrons. The van der Waals surface area contributed by atoms with Gasteiger partial charge in [-0.3, -0.25) is 4.79 Å². The Bertz CT molecular complexity index is 2060. The van der Waals surface area contributed by atoms with Crippen molar-refractivity contribution in [2.45, 2.75) is 426 Å². The lowest BCUT2D eigenvalue weighted by molar-refractivity contribution is -0.379. The van der Waals surface area contributed by atoms with Gasteiger partial charge in [-0.1, -0.05) is 299 Å². The Morgan fingerprint density at radius 2 is 0.663 bits per heavy atom. The number of carbonyl (C=O) groups excluding carboxylic acids is 1. The van der Waals surface area contributed by atoms with Crippen LogP contribution in [0.5, 0.6) is 0 Å². The van der Waals surface area contributed by atoms with E-state index in [1.165, 1.54) is 238 Å². The molecule has 1 amide bonds. The van der Waals surface area contributed by atoms with Gasteiger partial charge in [0.1, 0.15) is 73.2 Å². The molecule has 12 N–H and O–H groups in total. The van der Waals surface area contributed by atoms with Crippen LogP contribution in [-0.2, 0) is 33.2 Å². The number of aliphatic hydroxyl groups is 11. The van der Waals surface area contributed by atoms with Crippen LogP contribution in [-0.4, -0.2) is 193 Å². The number of amides is 1. The third-order valence-electron chi connectivity index (χ3n) is 20.3. The second-order valence-corrected chi connectivity index (χ2v) is 29.2. The average Bonchev–Trinajstić information content (AvgIpc) is 0.792. The first kappa shape index (κ1) is 92.7. The van der Waals surface area contributed by atoms with Gasteiger partial charge in [0.2, 0.25) is 5.91 Å². The highest BCUT2D eigenvalue weighted by atomic mass is 16.8. The number of carbonyl (C=O) groups is 1. The number of rotatable bonds is 65. The van der Waals surface area contributed by atoms with Crippen LogP contribution in [0.4, 0.5) is 0 Å². The minimum atomic E-state index is -1.98. The third-order valence-corrected chi connectivity index (χ3v) is 20.3. The fraction of sp³-hybridized carbons (Fsp3) is 0.866. The maximum absolute atomic E-state index is 13.5. The molecule has 3 fully saturated rings. The first-order valence-electron chi connectivity index (χ1n) is 41.0. The average molecular weight is 1440 g/mol. The zero-order valence-corrected chi connectivity index (χ0v) is 63.1. The lowest BCUT2D eigenvalue weighted by atomic mass is 9.96. The summed E-state index contributed by atoms with van der Waals surface area (Å²) in [5.74, 6) is -0.285. The summed E-state index contributed by atoms with van der Waals surface area (Å²) in [6.45, 7) is 1.72. The monoisotopic (exact) mass is 1440 g/mol. The van der Waals surface area contributed by atoms with Crippen LogP contribution in [0.2, 0.25) is 0 Å². The lowest BCUT2D eigenvalue weighted by Gasteiger charge is -2.48. The van der Waals surface area contributed by atoms with E-state index in [9.17, 15) is 61.0 Å². The minimum absolute atomic E-state index is 0.234. The molecule has 19 nitrogen and oxygen atoms in total. The van der Waals surface area contributed by atoms with E-state index in [1.807, 2.05) is 6.08 Å². The van der Waals surface area contributed by atoms with Crippen molar-refractivity contribution in [2.24, 2.45) is 0 Å². The second-order valence-electron chi connectivity index (χ2n) is 29.2. The minimum Gasteiger partial charge on any atom is -0.394 e. The Kier molecular flexibility index (Phi) is 57.4. The van der Waals surface area contributed by atoms with Gasteiger partial charge in [0.05, 0.1) is 38.6 Å². The molecular weight excluding hydrogens is 1290 g/mol. The summed E-state index contributed by atoms with van der Waals surface area (Å²) in [6.07, 6.45) is 53.8. The van der Waals surface area contributed by atoms with Crippen LogP contribution in [0.25, 0.3) is 0 Å². The van der Waals surface area contributed by atoms with Crippen LogP contribution in [0.3, 0.4) is 0 Å². The van der Waals surface area contributed by atoms with Gasteiger partial charge in [0.25, 0.3) is 0 Å². The zero-order valence-electron chi connectivity index (χ0n) is 63.1. The largest absolute Gasteiger partial charge is 0.394 e. The number of allylic oxidation sites excluding steroid dienone is 9. The summed E-state index contributed by atoms with van der Waals surface area (Å²) >= 11 is 0. The number of nitrogens with one attached hydrogen (secondary N) is 1. The molecule has 0 aromatic carbocycles. The van der Waals surface area contributed by atoms with Gasteiger partial charge in [-0.2, -0.15) is 0 Å². The van der Waals surface area contributed by atoms with E-state index in [0.29, 0.717) is 12.8 Å². The topological polar surface area (TPSA) is 307 Å². The predicted octanol–water partition coefficient (Wildman–Crippen LogP) is 13.8. The number of hydrogen-bond donors (Lipinski definition) is 12. The molecule has 17 atom stereocenters. The normalized spacial score (nSPS) is 26.6. The number of ether oxygens (including phenoxy) is 6. The van der Waals surface area contributed by atoms with Gasteiger partial charge in [-0.05, 0) is 77.0 Å². The Labute approximate surface area is 611 Å². The third kappa shape index (κ3) is 42.6. The fourth-order valence-corrected chi connectivity index (χ4v) is 13.7.